The van der Waals surface area contributed by atoms with Crippen LogP contribution in [-0.4, -0.2) is 16.5 Å². The first-order chi connectivity index (χ1) is 10.5. The minimum Gasteiger partial charge on any atom is -0.361 e. The molecular weight excluding hydrogens is 311 g/mol. The topological polar surface area (TPSA) is 37.8 Å². The van der Waals surface area contributed by atoms with Gasteiger partial charge in [-0.3, -0.25) is 4.98 Å². The van der Waals surface area contributed by atoms with E-state index in [1.807, 2.05) is 18.2 Å². The maximum atomic E-state index is 12.7. The summed E-state index contributed by atoms with van der Waals surface area (Å²) in [4.78, 5) is 8.41. The molecule has 0 radical (unpaired) electrons. The fraction of sp³-hybridized carbons (Fsp3) is 0.200. The molecule has 7 heteroatoms. The molecule has 0 atom stereocenters. The van der Waals surface area contributed by atoms with E-state index in [4.69, 9.17) is 0 Å². The van der Waals surface area contributed by atoms with Crippen molar-refractivity contribution in [2.24, 2.45) is 0 Å². The maximum Gasteiger partial charge on any atom is 0.416 e. The van der Waals surface area contributed by atoms with Gasteiger partial charge in [0.1, 0.15) is 0 Å². The molecule has 2 heterocycles. The Kier molecular flexibility index (Phi) is 3.98. The molecule has 0 saturated heterocycles. The summed E-state index contributed by atoms with van der Waals surface area (Å²) in [6.45, 7) is 0.628. The van der Waals surface area contributed by atoms with Crippen LogP contribution >= 0.6 is 11.3 Å². The smallest absolute Gasteiger partial charge is 0.361 e. The third-order valence-corrected chi connectivity index (χ3v) is 4.09. The number of fused-ring (bicyclic) bond motifs is 1. The summed E-state index contributed by atoms with van der Waals surface area (Å²) in [6, 6.07) is 9.31. The second kappa shape index (κ2) is 5.92. The van der Waals surface area contributed by atoms with Gasteiger partial charge in [0.25, 0.3) is 0 Å². The molecule has 22 heavy (non-hydrogen) atoms. The predicted octanol–water partition coefficient (Wildman–Crippen LogP) is 4.36. The van der Waals surface area contributed by atoms with Gasteiger partial charge in [0.15, 0.2) is 5.13 Å². The number of halogens is 3. The van der Waals surface area contributed by atoms with Gasteiger partial charge in [-0.15, -0.1) is 0 Å². The Bertz CT molecular complexity index is 769. The second-order valence-corrected chi connectivity index (χ2v) is 5.73. The zero-order valence-corrected chi connectivity index (χ0v) is 12.2. The van der Waals surface area contributed by atoms with Gasteiger partial charge >= 0.3 is 6.18 Å². The van der Waals surface area contributed by atoms with E-state index in [9.17, 15) is 13.2 Å². The second-order valence-electron chi connectivity index (χ2n) is 4.70. The predicted molar refractivity (Wildman–Crippen MR) is 81.1 cm³/mol. The number of alkyl halides is 3. The van der Waals surface area contributed by atoms with Gasteiger partial charge in [0.05, 0.1) is 15.8 Å². The largest absolute Gasteiger partial charge is 0.416 e. The van der Waals surface area contributed by atoms with Crippen molar-refractivity contribution < 1.29 is 13.2 Å². The lowest BCUT2D eigenvalue weighted by molar-refractivity contribution is -0.137. The van der Waals surface area contributed by atoms with Crippen LogP contribution in [0.15, 0.2) is 42.6 Å². The molecular formula is C15H12F3N3S. The fourth-order valence-corrected chi connectivity index (χ4v) is 2.89. The molecule has 0 bridgehead atoms. The lowest BCUT2D eigenvalue weighted by atomic mass is 10.2. The molecule has 114 valence electrons. The van der Waals surface area contributed by atoms with Crippen LogP contribution in [0.5, 0.6) is 0 Å². The molecule has 1 aromatic carbocycles. The van der Waals surface area contributed by atoms with E-state index in [1.54, 1.807) is 6.20 Å². The van der Waals surface area contributed by atoms with Crippen molar-refractivity contribution in [1.82, 2.24) is 9.97 Å². The first kappa shape index (κ1) is 14.8. The van der Waals surface area contributed by atoms with Crippen LogP contribution in [0, 0.1) is 0 Å². The Balaban J connectivity index is 1.70. The van der Waals surface area contributed by atoms with Crippen LogP contribution in [0.25, 0.3) is 10.2 Å². The Morgan fingerprint density at radius 1 is 1.14 bits per heavy atom. The van der Waals surface area contributed by atoms with Gasteiger partial charge in [-0.25, -0.2) is 4.98 Å². The average Bonchev–Trinajstić information content (AvgIpc) is 2.89. The molecule has 1 N–H and O–H groups in total. The summed E-state index contributed by atoms with van der Waals surface area (Å²) in [5.41, 5.74) is 0.640. The summed E-state index contributed by atoms with van der Waals surface area (Å²) in [6.07, 6.45) is -1.89. The molecule has 2 aromatic heterocycles. The van der Waals surface area contributed by atoms with E-state index in [0.29, 0.717) is 17.2 Å². The minimum atomic E-state index is -4.34. The van der Waals surface area contributed by atoms with E-state index in [2.05, 4.69) is 15.3 Å². The zero-order valence-electron chi connectivity index (χ0n) is 11.4. The number of nitrogens with one attached hydrogen (secondary N) is 1. The van der Waals surface area contributed by atoms with E-state index >= 15 is 0 Å². The number of hydrogen-bond donors (Lipinski definition) is 1. The summed E-state index contributed by atoms with van der Waals surface area (Å²) in [7, 11) is 0. The number of pyridine rings is 1. The maximum absolute atomic E-state index is 12.7. The van der Waals surface area contributed by atoms with Crippen LogP contribution in [0.1, 0.15) is 11.3 Å². The van der Waals surface area contributed by atoms with Crippen molar-refractivity contribution in [3.8, 4) is 0 Å². The molecule has 0 spiro atoms. The van der Waals surface area contributed by atoms with Crippen molar-refractivity contribution in [3.63, 3.8) is 0 Å². The van der Waals surface area contributed by atoms with Gasteiger partial charge in [-0.1, -0.05) is 17.4 Å². The summed E-state index contributed by atoms with van der Waals surface area (Å²) in [5.74, 6) is 0. The molecule has 3 nitrogen and oxygen atoms in total. The average molecular weight is 323 g/mol. The van der Waals surface area contributed by atoms with E-state index in [0.717, 1.165) is 28.9 Å². The number of hydrogen-bond acceptors (Lipinski definition) is 4. The van der Waals surface area contributed by atoms with Crippen molar-refractivity contribution in [3.05, 3.63) is 53.9 Å². The molecule has 0 aliphatic rings. The SMILES string of the molecule is FC(F)(F)c1ccc2sc(NCCc3ccccn3)nc2c1. The first-order valence-corrected chi connectivity index (χ1v) is 7.45. The van der Waals surface area contributed by atoms with Gasteiger partial charge in [0, 0.05) is 24.9 Å². The summed E-state index contributed by atoms with van der Waals surface area (Å²) in [5, 5.41) is 3.74. The molecule has 0 aliphatic carbocycles. The molecule has 0 fully saturated rings. The Labute approximate surface area is 128 Å². The number of thiazole rings is 1. The van der Waals surface area contributed by atoms with Gasteiger partial charge < -0.3 is 5.32 Å². The molecule has 0 unspecified atom stereocenters. The highest BCUT2D eigenvalue weighted by Crippen LogP contribution is 2.33. The fourth-order valence-electron chi connectivity index (χ4n) is 2.02. The van der Waals surface area contributed by atoms with E-state index in [1.165, 1.54) is 17.4 Å². The molecule has 0 saturated carbocycles. The highest BCUT2D eigenvalue weighted by atomic mass is 32.1. The quantitative estimate of drug-likeness (QED) is 0.775. The monoisotopic (exact) mass is 323 g/mol. The third kappa shape index (κ3) is 3.36. The van der Waals surface area contributed by atoms with E-state index in [-0.39, 0.29) is 0 Å². The van der Waals surface area contributed by atoms with Crippen LogP contribution in [-0.2, 0) is 12.6 Å². The summed E-state index contributed by atoms with van der Waals surface area (Å²) < 4.78 is 38.7. The third-order valence-electron chi connectivity index (χ3n) is 3.10. The lowest BCUT2D eigenvalue weighted by Gasteiger charge is -2.04. The zero-order chi connectivity index (χ0) is 15.6. The van der Waals surface area contributed by atoms with Crippen LogP contribution in [0.4, 0.5) is 18.3 Å². The minimum absolute atomic E-state index is 0.361. The molecule has 3 aromatic rings. The van der Waals surface area contributed by atoms with Crippen molar-refractivity contribution >= 4 is 26.7 Å². The number of nitrogens with zero attached hydrogens (tertiary/aromatic N) is 2. The number of anilines is 1. The van der Waals surface area contributed by atoms with Crippen LogP contribution in [0.2, 0.25) is 0 Å². The number of rotatable bonds is 4. The Morgan fingerprint density at radius 2 is 2.00 bits per heavy atom. The molecule has 0 amide bonds. The van der Waals surface area contributed by atoms with Crippen molar-refractivity contribution in [2.75, 3.05) is 11.9 Å². The highest BCUT2D eigenvalue weighted by molar-refractivity contribution is 7.22. The summed E-state index contributed by atoms with van der Waals surface area (Å²) >= 11 is 1.34. The number of benzene rings is 1. The standard InChI is InChI=1S/C15H12F3N3S/c16-15(17,18)10-4-5-13-12(9-10)21-14(22-13)20-8-6-11-3-1-2-7-19-11/h1-5,7,9H,6,8H2,(H,20,21). The lowest BCUT2D eigenvalue weighted by Crippen LogP contribution is -2.05. The van der Waals surface area contributed by atoms with Gasteiger partial charge in [-0.2, -0.15) is 13.2 Å². The van der Waals surface area contributed by atoms with E-state index < -0.39 is 11.7 Å². The van der Waals surface area contributed by atoms with Crippen molar-refractivity contribution in [2.45, 2.75) is 12.6 Å². The van der Waals surface area contributed by atoms with Gasteiger partial charge in [-0.05, 0) is 30.3 Å². The van der Waals surface area contributed by atoms with Gasteiger partial charge in [0.2, 0.25) is 0 Å². The number of aromatic nitrogens is 2. The van der Waals surface area contributed by atoms with Crippen LogP contribution in [0.3, 0.4) is 0 Å². The Hall–Kier alpha value is -2.15. The molecule has 0 aliphatic heterocycles. The first-order valence-electron chi connectivity index (χ1n) is 6.64. The Morgan fingerprint density at radius 3 is 2.73 bits per heavy atom. The molecule has 3 rings (SSSR count). The van der Waals surface area contributed by atoms with Crippen molar-refractivity contribution in [1.29, 1.82) is 0 Å². The normalized spacial score (nSPS) is 11.8. The van der Waals surface area contributed by atoms with Crippen LogP contribution < -0.4 is 5.32 Å². The highest BCUT2D eigenvalue weighted by Gasteiger charge is 2.30.